The van der Waals surface area contributed by atoms with E-state index in [-0.39, 0.29) is 11.3 Å². The van der Waals surface area contributed by atoms with Gasteiger partial charge in [-0.2, -0.15) is 0 Å². The minimum absolute atomic E-state index is 0.0197. The topological polar surface area (TPSA) is 56.9 Å². The van der Waals surface area contributed by atoms with E-state index in [1.807, 2.05) is 13.0 Å². The van der Waals surface area contributed by atoms with Gasteiger partial charge in [-0.1, -0.05) is 11.8 Å². The number of nitrogens with zero attached hydrogens (tertiary/aromatic N) is 3. The highest BCUT2D eigenvalue weighted by Gasteiger charge is 2.28. The third-order valence-electron chi connectivity index (χ3n) is 5.93. The van der Waals surface area contributed by atoms with Gasteiger partial charge in [0.05, 0.1) is 11.1 Å². The van der Waals surface area contributed by atoms with Crippen molar-refractivity contribution in [3.05, 3.63) is 43.8 Å². The Morgan fingerprint density at radius 1 is 1.32 bits per heavy atom. The second kappa shape index (κ2) is 6.59. The molecule has 3 aromatic rings. The van der Waals surface area contributed by atoms with Crippen LogP contribution in [0.2, 0.25) is 0 Å². The third kappa shape index (κ3) is 2.78. The standard InChI is InChI=1S/C21H23N3O2S2/c1-11-9-15(12(2)24(11)13-7-8-13)16(25)10-27-21-22-19-18(20(26)23(21)3)14-5-4-6-17(14)28-19/h9,13H,4-8,10H2,1-3H3. The zero-order valence-corrected chi connectivity index (χ0v) is 18.0. The minimum Gasteiger partial charge on any atom is -0.345 e. The van der Waals surface area contributed by atoms with Crippen molar-refractivity contribution >= 4 is 39.1 Å². The smallest absolute Gasteiger partial charge is 0.262 e. The number of hydrogen-bond acceptors (Lipinski definition) is 5. The van der Waals surface area contributed by atoms with Crippen LogP contribution >= 0.6 is 23.1 Å². The molecule has 0 aliphatic heterocycles. The lowest BCUT2D eigenvalue weighted by molar-refractivity contribution is 0.102. The second-order valence-corrected chi connectivity index (χ2v) is 9.92. The fraction of sp³-hybridized carbons (Fsp3) is 0.476. The summed E-state index contributed by atoms with van der Waals surface area (Å²) in [7, 11) is 1.76. The van der Waals surface area contributed by atoms with Crippen LogP contribution in [0.4, 0.5) is 0 Å². The van der Waals surface area contributed by atoms with Crippen molar-refractivity contribution in [1.29, 1.82) is 0 Å². The Balaban J connectivity index is 1.42. The number of Topliss-reactive ketones (excluding diaryl/α,β-unsaturated/α-hetero) is 1. The van der Waals surface area contributed by atoms with Gasteiger partial charge >= 0.3 is 0 Å². The fourth-order valence-corrected chi connectivity index (χ4v) is 6.55. The van der Waals surface area contributed by atoms with Crippen molar-refractivity contribution in [2.24, 2.45) is 7.05 Å². The average molecular weight is 414 g/mol. The van der Waals surface area contributed by atoms with Gasteiger partial charge in [0.25, 0.3) is 5.56 Å². The molecule has 146 valence electrons. The Bertz CT molecular complexity index is 1180. The Morgan fingerprint density at radius 2 is 2.11 bits per heavy atom. The highest BCUT2D eigenvalue weighted by atomic mass is 32.2. The number of aryl methyl sites for hydroxylation is 3. The molecule has 3 aromatic heterocycles. The first-order valence-corrected chi connectivity index (χ1v) is 11.6. The molecule has 28 heavy (non-hydrogen) atoms. The van der Waals surface area contributed by atoms with Crippen LogP contribution in [-0.4, -0.2) is 25.7 Å². The van der Waals surface area contributed by atoms with Gasteiger partial charge in [-0.05, 0) is 57.6 Å². The van der Waals surface area contributed by atoms with Crippen LogP contribution in [0.3, 0.4) is 0 Å². The van der Waals surface area contributed by atoms with Crippen LogP contribution in [0, 0.1) is 13.8 Å². The molecule has 0 radical (unpaired) electrons. The lowest BCUT2D eigenvalue weighted by Gasteiger charge is -2.08. The van der Waals surface area contributed by atoms with E-state index in [1.54, 1.807) is 23.0 Å². The van der Waals surface area contributed by atoms with Gasteiger partial charge in [-0.25, -0.2) is 4.98 Å². The molecular formula is C21H23N3O2S2. The van der Waals surface area contributed by atoms with E-state index in [0.29, 0.717) is 17.0 Å². The molecule has 2 aliphatic rings. The summed E-state index contributed by atoms with van der Waals surface area (Å²) in [5.41, 5.74) is 4.25. The highest BCUT2D eigenvalue weighted by molar-refractivity contribution is 7.99. The SMILES string of the molecule is Cc1cc(C(=O)CSc2nc3sc4c(c3c(=O)n2C)CCC4)c(C)n1C1CC1. The lowest BCUT2D eigenvalue weighted by Crippen LogP contribution is -2.20. The van der Waals surface area contributed by atoms with E-state index in [0.717, 1.165) is 46.4 Å². The number of rotatable bonds is 5. The number of thioether (sulfide) groups is 1. The Morgan fingerprint density at radius 3 is 2.86 bits per heavy atom. The number of carbonyl (C=O) groups excluding carboxylic acids is 1. The molecule has 0 aromatic carbocycles. The van der Waals surface area contributed by atoms with Crippen LogP contribution in [-0.2, 0) is 19.9 Å². The number of hydrogen-bond donors (Lipinski definition) is 0. The predicted molar refractivity (Wildman–Crippen MR) is 114 cm³/mol. The van der Waals surface area contributed by atoms with E-state index in [1.165, 1.54) is 35.0 Å². The van der Waals surface area contributed by atoms with Crippen molar-refractivity contribution in [2.75, 3.05) is 5.75 Å². The zero-order valence-electron chi connectivity index (χ0n) is 16.4. The first-order valence-electron chi connectivity index (χ1n) is 9.81. The molecule has 0 atom stereocenters. The van der Waals surface area contributed by atoms with Gasteiger partial charge in [0.2, 0.25) is 0 Å². The van der Waals surface area contributed by atoms with E-state index in [4.69, 9.17) is 4.98 Å². The molecule has 1 fully saturated rings. The van der Waals surface area contributed by atoms with Crippen molar-refractivity contribution in [3.8, 4) is 0 Å². The maximum atomic E-state index is 12.9. The molecule has 5 rings (SSSR count). The van der Waals surface area contributed by atoms with Gasteiger partial charge < -0.3 is 4.57 Å². The second-order valence-electron chi connectivity index (χ2n) is 7.89. The van der Waals surface area contributed by atoms with Gasteiger partial charge in [0.1, 0.15) is 4.83 Å². The number of carbonyl (C=O) groups is 1. The predicted octanol–water partition coefficient (Wildman–Crippen LogP) is 4.21. The molecule has 0 spiro atoms. The zero-order chi connectivity index (χ0) is 19.6. The van der Waals surface area contributed by atoms with Crippen molar-refractivity contribution in [1.82, 2.24) is 14.1 Å². The van der Waals surface area contributed by atoms with Crippen molar-refractivity contribution in [3.63, 3.8) is 0 Å². The fourth-order valence-electron chi connectivity index (χ4n) is 4.40. The molecule has 0 amide bonds. The molecule has 0 bridgehead atoms. The molecule has 0 saturated heterocycles. The molecule has 7 heteroatoms. The molecular weight excluding hydrogens is 390 g/mol. The van der Waals surface area contributed by atoms with Crippen LogP contribution in [0.5, 0.6) is 0 Å². The molecule has 3 heterocycles. The highest BCUT2D eigenvalue weighted by Crippen LogP contribution is 2.39. The number of aromatic nitrogens is 3. The summed E-state index contributed by atoms with van der Waals surface area (Å²) in [5.74, 6) is 0.402. The quantitative estimate of drug-likeness (QED) is 0.357. The summed E-state index contributed by atoms with van der Waals surface area (Å²) in [6, 6.07) is 2.58. The van der Waals surface area contributed by atoms with Gasteiger partial charge in [-0.15, -0.1) is 11.3 Å². The Labute approximate surface area is 171 Å². The van der Waals surface area contributed by atoms with Crippen LogP contribution in [0.1, 0.15) is 57.5 Å². The van der Waals surface area contributed by atoms with Crippen molar-refractivity contribution < 1.29 is 4.79 Å². The normalized spacial score (nSPS) is 16.1. The Kier molecular flexibility index (Phi) is 4.28. The summed E-state index contributed by atoms with van der Waals surface area (Å²) in [6.45, 7) is 4.11. The van der Waals surface area contributed by atoms with E-state index in [2.05, 4.69) is 11.5 Å². The van der Waals surface area contributed by atoms with Crippen LogP contribution in [0.15, 0.2) is 16.0 Å². The van der Waals surface area contributed by atoms with Crippen LogP contribution < -0.4 is 5.56 Å². The average Bonchev–Trinajstić information content (AvgIpc) is 3.16. The Hall–Kier alpha value is -1.86. The van der Waals surface area contributed by atoms with E-state index >= 15 is 0 Å². The maximum Gasteiger partial charge on any atom is 0.262 e. The maximum absolute atomic E-state index is 12.9. The van der Waals surface area contributed by atoms with Crippen molar-refractivity contribution in [2.45, 2.75) is 57.1 Å². The first kappa shape index (κ1) is 18.2. The summed E-state index contributed by atoms with van der Waals surface area (Å²) < 4.78 is 3.91. The third-order valence-corrected chi connectivity index (χ3v) is 8.15. The summed E-state index contributed by atoms with van der Waals surface area (Å²) >= 11 is 3.01. The summed E-state index contributed by atoms with van der Waals surface area (Å²) in [4.78, 5) is 32.6. The van der Waals surface area contributed by atoms with E-state index in [9.17, 15) is 9.59 Å². The number of fused-ring (bicyclic) bond motifs is 3. The summed E-state index contributed by atoms with van der Waals surface area (Å²) in [6.07, 6.45) is 5.57. The van der Waals surface area contributed by atoms with E-state index < -0.39 is 0 Å². The molecule has 0 N–H and O–H groups in total. The van der Waals surface area contributed by atoms with Gasteiger partial charge in [0.15, 0.2) is 10.9 Å². The van der Waals surface area contributed by atoms with Gasteiger partial charge in [0, 0.05) is 34.9 Å². The molecule has 2 aliphatic carbocycles. The lowest BCUT2D eigenvalue weighted by atomic mass is 10.2. The first-order chi connectivity index (χ1) is 13.5. The monoisotopic (exact) mass is 413 g/mol. The minimum atomic E-state index is 0.0197. The number of thiophene rings is 1. The van der Waals surface area contributed by atoms with Crippen LogP contribution in [0.25, 0.3) is 10.2 Å². The van der Waals surface area contributed by atoms with Gasteiger partial charge in [-0.3, -0.25) is 14.2 Å². The summed E-state index contributed by atoms with van der Waals surface area (Å²) in [5, 5.41) is 1.42. The molecule has 5 nitrogen and oxygen atoms in total. The molecule has 1 saturated carbocycles. The number of ketones is 1. The largest absolute Gasteiger partial charge is 0.345 e. The molecule has 0 unspecified atom stereocenters.